The molecular weight excluding hydrogens is 656 g/mol. The van der Waals surface area contributed by atoms with Gasteiger partial charge in [-0.25, -0.2) is 4.79 Å². The molecule has 5 aromatic rings. The van der Waals surface area contributed by atoms with Gasteiger partial charge in [-0.3, -0.25) is 14.4 Å². The minimum absolute atomic E-state index is 0.00762. The summed E-state index contributed by atoms with van der Waals surface area (Å²) in [6, 6.07) is 30.5. The number of carbonyl (C=O) groups excluding carboxylic acids is 3. The fourth-order valence-electron chi connectivity index (χ4n) is 8.05. The van der Waals surface area contributed by atoms with Gasteiger partial charge in [0.2, 0.25) is 11.8 Å². The van der Waals surface area contributed by atoms with Gasteiger partial charge in [0, 0.05) is 42.7 Å². The number of carboxylic acids is 1. The molecule has 1 aliphatic carbocycles. The molecular formula is C42H42N4O6. The van der Waals surface area contributed by atoms with Crippen LogP contribution in [0.3, 0.4) is 0 Å². The number of fused-ring (bicyclic) bond motifs is 2. The van der Waals surface area contributed by atoms with Gasteiger partial charge in [0.1, 0.15) is 11.8 Å². The first-order chi connectivity index (χ1) is 25.3. The molecule has 0 radical (unpaired) electrons. The third-order valence-corrected chi connectivity index (χ3v) is 10.8. The molecule has 2 aliphatic rings. The number of methoxy groups -OCH3 is 1. The van der Waals surface area contributed by atoms with Gasteiger partial charge in [0.15, 0.2) is 0 Å². The van der Waals surface area contributed by atoms with E-state index >= 15 is 0 Å². The fourth-order valence-corrected chi connectivity index (χ4v) is 8.05. The first-order valence-corrected chi connectivity index (χ1v) is 17.8. The molecule has 1 aromatic heterocycles. The van der Waals surface area contributed by atoms with Crippen LogP contribution in [0.5, 0.6) is 5.75 Å². The lowest BCUT2D eigenvalue weighted by molar-refractivity contribution is -0.142. The van der Waals surface area contributed by atoms with Gasteiger partial charge in [-0.05, 0) is 66.1 Å². The van der Waals surface area contributed by atoms with Gasteiger partial charge < -0.3 is 30.4 Å². The minimum atomic E-state index is -1.21. The molecule has 10 nitrogen and oxygen atoms in total. The van der Waals surface area contributed by atoms with Crippen LogP contribution in [-0.4, -0.2) is 71.0 Å². The number of para-hydroxylation sites is 2. The van der Waals surface area contributed by atoms with Crippen LogP contribution in [0.25, 0.3) is 10.9 Å². The van der Waals surface area contributed by atoms with Gasteiger partial charge >= 0.3 is 5.97 Å². The largest absolute Gasteiger partial charge is 0.496 e. The van der Waals surface area contributed by atoms with E-state index in [-0.39, 0.29) is 24.3 Å². The van der Waals surface area contributed by atoms with Crippen LogP contribution in [0.2, 0.25) is 0 Å². The Kier molecular flexibility index (Phi) is 9.80. The van der Waals surface area contributed by atoms with E-state index in [4.69, 9.17) is 4.74 Å². The number of likely N-dealkylation sites (tertiary alicyclic amines) is 1. The number of hydrogen-bond acceptors (Lipinski definition) is 5. The Balaban J connectivity index is 1.12. The van der Waals surface area contributed by atoms with Crippen molar-refractivity contribution in [3.8, 4) is 5.75 Å². The van der Waals surface area contributed by atoms with Crippen LogP contribution in [0, 0.1) is 0 Å². The van der Waals surface area contributed by atoms with Crippen molar-refractivity contribution in [2.75, 3.05) is 20.2 Å². The third-order valence-electron chi connectivity index (χ3n) is 10.8. The number of rotatable bonds is 10. The summed E-state index contributed by atoms with van der Waals surface area (Å²) < 4.78 is 5.36. The smallest absolute Gasteiger partial charge is 0.326 e. The van der Waals surface area contributed by atoms with E-state index in [0.29, 0.717) is 55.6 Å². The van der Waals surface area contributed by atoms with Gasteiger partial charge in [0.25, 0.3) is 5.91 Å². The number of aromatic amines is 1. The lowest BCUT2D eigenvalue weighted by atomic mass is 9.62. The predicted molar refractivity (Wildman–Crippen MR) is 197 cm³/mol. The highest BCUT2D eigenvalue weighted by Crippen LogP contribution is 2.48. The van der Waals surface area contributed by atoms with Crippen molar-refractivity contribution in [2.45, 2.75) is 55.5 Å². The SMILES string of the molecule is COc1ccccc1C(=O)NC1CCN(C(=O)[C@H]2CC[C@@](C(=O)N[C@@H](Cc3c[nH]c4ccccc34)C(=O)O)(c3ccccc3)c3ccccc32)CC1. The highest BCUT2D eigenvalue weighted by atomic mass is 16.5. The Bertz CT molecular complexity index is 2100. The van der Waals surface area contributed by atoms with Crippen LogP contribution < -0.4 is 15.4 Å². The highest BCUT2D eigenvalue weighted by molar-refractivity contribution is 5.98. The van der Waals surface area contributed by atoms with Crippen LogP contribution in [0.4, 0.5) is 0 Å². The van der Waals surface area contributed by atoms with Gasteiger partial charge in [-0.15, -0.1) is 0 Å². The Morgan fingerprint density at radius 1 is 0.885 bits per heavy atom. The van der Waals surface area contributed by atoms with Crippen molar-refractivity contribution in [1.82, 2.24) is 20.5 Å². The van der Waals surface area contributed by atoms with Crippen molar-refractivity contribution < 1.29 is 29.0 Å². The number of hydrogen-bond donors (Lipinski definition) is 4. The molecule has 7 rings (SSSR count). The maximum absolute atomic E-state index is 14.7. The first kappa shape index (κ1) is 34.5. The van der Waals surface area contributed by atoms with E-state index in [0.717, 1.165) is 27.6 Å². The summed E-state index contributed by atoms with van der Waals surface area (Å²) in [5.74, 6) is -1.70. The van der Waals surface area contributed by atoms with Crippen LogP contribution in [0.15, 0.2) is 109 Å². The van der Waals surface area contributed by atoms with Crippen molar-refractivity contribution in [3.63, 3.8) is 0 Å². The summed E-state index contributed by atoms with van der Waals surface area (Å²) in [6.07, 6.45) is 3.86. The molecule has 4 N–H and O–H groups in total. The predicted octanol–water partition coefficient (Wildman–Crippen LogP) is 5.57. The standard InChI is InChI=1S/C42H42N4O6/c1-52-37-18-10-7-15-33(37)38(47)44-29-20-23-46(24-21-29)39(48)32-19-22-42(28-11-3-2-4-12-28,34-16-8-5-14-31(32)34)41(51)45-36(40(49)50)25-27-26-43-35-17-9-6-13-30(27)35/h2-18,26,29,32,36,43H,19-25H2,1H3,(H,44,47)(H,45,51)(H,49,50)/t32-,36-,42+/m0/s1. The second kappa shape index (κ2) is 14.8. The monoisotopic (exact) mass is 698 g/mol. The maximum Gasteiger partial charge on any atom is 0.326 e. The number of amides is 3. The molecule has 1 fully saturated rings. The van der Waals surface area contributed by atoms with Crippen molar-refractivity contribution in [2.24, 2.45) is 0 Å². The molecule has 0 bridgehead atoms. The molecule has 1 saturated heterocycles. The molecule has 0 unspecified atom stereocenters. The Labute approximate surface area is 302 Å². The molecule has 10 heteroatoms. The Morgan fingerprint density at radius 3 is 2.35 bits per heavy atom. The van der Waals surface area contributed by atoms with Gasteiger partial charge in [-0.1, -0.05) is 84.9 Å². The van der Waals surface area contributed by atoms with Crippen molar-refractivity contribution >= 4 is 34.6 Å². The highest BCUT2D eigenvalue weighted by Gasteiger charge is 2.49. The van der Waals surface area contributed by atoms with Crippen LogP contribution in [-0.2, 0) is 26.2 Å². The molecule has 1 aliphatic heterocycles. The molecule has 52 heavy (non-hydrogen) atoms. The molecule has 2 heterocycles. The van der Waals surface area contributed by atoms with E-state index in [2.05, 4.69) is 15.6 Å². The lowest BCUT2D eigenvalue weighted by Gasteiger charge is -2.43. The average molecular weight is 699 g/mol. The van der Waals surface area contributed by atoms with Crippen LogP contribution in [0.1, 0.15) is 64.2 Å². The zero-order valence-electron chi connectivity index (χ0n) is 29.0. The molecule has 0 spiro atoms. The summed E-state index contributed by atoms with van der Waals surface area (Å²) in [5.41, 5.74) is 3.18. The summed E-state index contributed by atoms with van der Waals surface area (Å²) in [6.45, 7) is 0.986. The van der Waals surface area contributed by atoms with Crippen molar-refractivity contribution in [1.29, 1.82) is 0 Å². The first-order valence-electron chi connectivity index (χ1n) is 17.8. The quantitative estimate of drug-likeness (QED) is 0.150. The molecule has 4 aromatic carbocycles. The molecule has 0 saturated carbocycles. The zero-order chi connectivity index (χ0) is 36.2. The van der Waals surface area contributed by atoms with Crippen molar-refractivity contribution in [3.05, 3.63) is 137 Å². The molecule has 3 atom stereocenters. The average Bonchev–Trinajstić information content (AvgIpc) is 3.60. The van der Waals surface area contributed by atoms with Gasteiger partial charge in [-0.2, -0.15) is 0 Å². The van der Waals surface area contributed by atoms with E-state index in [1.165, 1.54) is 7.11 Å². The summed E-state index contributed by atoms with van der Waals surface area (Å²) >= 11 is 0. The number of nitrogens with zero attached hydrogens (tertiary/aromatic N) is 1. The number of aliphatic carboxylic acids is 1. The minimum Gasteiger partial charge on any atom is -0.496 e. The number of carbonyl (C=O) groups is 4. The van der Waals surface area contributed by atoms with E-state index in [1.807, 2.05) is 89.8 Å². The number of nitrogens with one attached hydrogen (secondary N) is 3. The van der Waals surface area contributed by atoms with Gasteiger partial charge in [0.05, 0.1) is 24.0 Å². The topological polar surface area (TPSA) is 141 Å². The van der Waals surface area contributed by atoms with Crippen LogP contribution >= 0.6 is 0 Å². The number of benzene rings is 4. The normalized spacial score (nSPS) is 19.3. The number of H-pyrrole nitrogens is 1. The molecule has 3 amide bonds. The maximum atomic E-state index is 14.7. The number of piperidine rings is 1. The second-order valence-corrected chi connectivity index (χ2v) is 13.7. The second-order valence-electron chi connectivity index (χ2n) is 13.7. The number of aromatic nitrogens is 1. The summed E-state index contributed by atoms with van der Waals surface area (Å²) in [4.78, 5) is 59.7. The molecule has 266 valence electrons. The summed E-state index contributed by atoms with van der Waals surface area (Å²) in [7, 11) is 1.54. The zero-order valence-corrected chi connectivity index (χ0v) is 29.0. The lowest BCUT2D eigenvalue weighted by Crippen LogP contribution is -2.54. The Hall–Kier alpha value is -5.90. The van der Waals surface area contributed by atoms with E-state index in [1.54, 1.807) is 24.4 Å². The number of carboxylic acid groups (broad SMARTS) is 1. The third kappa shape index (κ3) is 6.52. The van der Waals surface area contributed by atoms with E-state index < -0.39 is 29.3 Å². The Morgan fingerprint density at radius 2 is 1.58 bits per heavy atom. The number of ether oxygens (including phenoxy) is 1. The fraction of sp³-hybridized carbons (Fsp3) is 0.286. The summed E-state index contributed by atoms with van der Waals surface area (Å²) in [5, 5.41) is 17.3. The van der Waals surface area contributed by atoms with E-state index in [9.17, 15) is 24.3 Å².